The number of hydrazone groups is 1. The third-order valence-electron chi connectivity index (χ3n) is 2.48. The van der Waals surface area contributed by atoms with Crippen molar-refractivity contribution < 1.29 is 19.2 Å². The van der Waals surface area contributed by atoms with E-state index >= 15 is 0 Å². The van der Waals surface area contributed by atoms with E-state index in [0.717, 1.165) is 0 Å². The minimum atomic E-state index is -0.918. The maximum Gasteiger partial charge on any atom is 0.329 e. The molecule has 1 aromatic rings. The molecule has 1 aromatic carbocycles. The number of nitrogens with one attached hydrogen (secondary N) is 2. The van der Waals surface area contributed by atoms with Gasteiger partial charge in [-0.25, -0.2) is 5.43 Å². The molecule has 9 nitrogen and oxygen atoms in total. The molecule has 0 bridgehead atoms. The summed E-state index contributed by atoms with van der Waals surface area (Å²) in [6.07, 6.45) is 1.80. The molecular weight excluding hydrogens is 292 g/mol. The first-order valence-electron chi connectivity index (χ1n) is 6.39. The van der Waals surface area contributed by atoms with Crippen LogP contribution in [0.5, 0.6) is 0 Å². The minimum absolute atomic E-state index is 0.0915. The van der Waals surface area contributed by atoms with Crippen LogP contribution in [0.15, 0.2) is 29.4 Å². The van der Waals surface area contributed by atoms with Gasteiger partial charge in [-0.2, -0.15) is 5.10 Å². The number of nitrogens with zero attached hydrogens (tertiary/aromatic N) is 2. The van der Waals surface area contributed by atoms with E-state index < -0.39 is 16.7 Å². The lowest BCUT2D eigenvalue weighted by atomic mass is 10.2. The van der Waals surface area contributed by atoms with Gasteiger partial charge >= 0.3 is 11.8 Å². The maximum absolute atomic E-state index is 11.4. The number of carbonyl (C=O) groups excluding carboxylic acids is 2. The lowest BCUT2D eigenvalue weighted by molar-refractivity contribution is -0.384. The standard InChI is InChI=1S/C13H16N4O5/c1-22-7-3-6-14-12(18)13(19)16-15-9-10-4-2-5-11(8-10)17(20)21/h2,4-5,8-9H,3,6-7H2,1H3,(H,14,18)(H,16,19)/b15-9-. The van der Waals surface area contributed by atoms with Gasteiger partial charge in [0.1, 0.15) is 0 Å². The number of nitro benzene ring substituents is 1. The summed E-state index contributed by atoms with van der Waals surface area (Å²) >= 11 is 0. The number of rotatable bonds is 7. The second kappa shape index (κ2) is 9.19. The minimum Gasteiger partial charge on any atom is -0.385 e. The normalized spacial score (nSPS) is 10.4. The van der Waals surface area contributed by atoms with Crippen LogP contribution in [0.25, 0.3) is 0 Å². The van der Waals surface area contributed by atoms with Crippen LogP contribution < -0.4 is 10.7 Å². The van der Waals surface area contributed by atoms with Crippen molar-refractivity contribution in [3.8, 4) is 0 Å². The summed E-state index contributed by atoms with van der Waals surface area (Å²) in [5.41, 5.74) is 2.37. The molecule has 0 unspecified atom stereocenters. The molecule has 1 rings (SSSR count). The van der Waals surface area contributed by atoms with Gasteiger partial charge in [-0.05, 0) is 6.42 Å². The molecule has 118 valence electrons. The zero-order valence-corrected chi connectivity index (χ0v) is 11.9. The third-order valence-corrected chi connectivity index (χ3v) is 2.48. The van der Waals surface area contributed by atoms with Gasteiger partial charge in [0.15, 0.2) is 0 Å². The Morgan fingerprint density at radius 1 is 1.41 bits per heavy atom. The number of hydrogen-bond donors (Lipinski definition) is 2. The van der Waals surface area contributed by atoms with Gasteiger partial charge in [0.2, 0.25) is 0 Å². The van der Waals surface area contributed by atoms with Gasteiger partial charge in [-0.3, -0.25) is 19.7 Å². The zero-order chi connectivity index (χ0) is 16.4. The van der Waals surface area contributed by atoms with Crippen molar-refractivity contribution in [2.45, 2.75) is 6.42 Å². The van der Waals surface area contributed by atoms with Crippen LogP contribution in [0.1, 0.15) is 12.0 Å². The fourth-order valence-electron chi connectivity index (χ4n) is 1.43. The summed E-state index contributed by atoms with van der Waals surface area (Å²) in [6.45, 7) is 0.793. The lowest BCUT2D eigenvalue weighted by Gasteiger charge is -2.03. The van der Waals surface area contributed by atoms with E-state index in [1.807, 2.05) is 5.43 Å². The van der Waals surface area contributed by atoms with Crippen LogP contribution in [0, 0.1) is 10.1 Å². The van der Waals surface area contributed by atoms with Gasteiger partial charge < -0.3 is 10.1 Å². The van der Waals surface area contributed by atoms with E-state index in [2.05, 4.69) is 10.4 Å². The number of methoxy groups -OCH3 is 1. The molecule has 22 heavy (non-hydrogen) atoms. The average Bonchev–Trinajstić information content (AvgIpc) is 2.51. The van der Waals surface area contributed by atoms with Crippen molar-refractivity contribution in [3.05, 3.63) is 39.9 Å². The molecule has 0 saturated heterocycles. The van der Waals surface area contributed by atoms with E-state index in [0.29, 0.717) is 25.1 Å². The van der Waals surface area contributed by atoms with E-state index in [1.54, 1.807) is 6.07 Å². The largest absolute Gasteiger partial charge is 0.385 e. The smallest absolute Gasteiger partial charge is 0.329 e. The van der Waals surface area contributed by atoms with Crippen LogP contribution in [0.4, 0.5) is 5.69 Å². The molecule has 2 N–H and O–H groups in total. The highest BCUT2D eigenvalue weighted by Gasteiger charge is 2.11. The monoisotopic (exact) mass is 308 g/mol. The maximum atomic E-state index is 11.4. The topological polar surface area (TPSA) is 123 Å². The number of ether oxygens (including phenoxy) is 1. The van der Waals surface area contributed by atoms with Crippen LogP contribution >= 0.6 is 0 Å². The Bertz CT molecular complexity index is 573. The van der Waals surface area contributed by atoms with Gasteiger partial charge in [0.05, 0.1) is 11.1 Å². The first-order valence-corrected chi connectivity index (χ1v) is 6.39. The van der Waals surface area contributed by atoms with E-state index in [4.69, 9.17) is 4.74 Å². The Kier molecular flexibility index (Phi) is 7.20. The molecule has 0 aliphatic heterocycles. The summed E-state index contributed by atoms with van der Waals surface area (Å²) in [4.78, 5) is 32.8. The predicted octanol–water partition coefficient (Wildman–Crippen LogP) is 0.198. The van der Waals surface area contributed by atoms with E-state index in [1.165, 1.54) is 31.5 Å². The van der Waals surface area contributed by atoms with E-state index in [-0.39, 0.29) is 5.69 Å². The fourth-order valence-corrected chi connectivity index (χ4v) is 1.43. The number of nitro groups is 1. The highest BCUT2D eigenvalue weighted by molar-refractivity contribution is 6.35. The van der Waals surface area contributed by atoms with Crippen LogP contribution in [-0.2, 0) is 14.3 Å². The fraction of sp³-hybridized carbons (Fsp3) is 0.308. The molecule has 0 radical (unpaired) electrons. The first-order chi connectivity index (χ1) is 10.5. The number of amides is 2. The van der Waals surface area contributed by atoms with Crippen molar-refractivity contribution >= 4 is 23.7 Å². The molecule has 9 heteroatoms. The Hall–Kier alpha value is -2.81. The molecule has 0 atom stereocenters. The molecule has 0 aliphatic carbocycles. The number of carbonyl (C=O) groups is 2. The van der Waals surface area contributed by atoms with Crippen molar-refractivity contribution in [2.75, 3.05) is 20.3 Å². The lowest BCUT2D eigenvalue weighted by Crippen LogP contribution is -2.38. The number of benzene rings is 1. The molecule has 0 fully saturated rings. The molecule has 0 aliphatic rings. The Morgan fingerprint density at radius 3 is 2.86 bits per heavy atom. The molecule has 0 heterocycles. The second-order valence-electron chi connectivity index (χ2n) is 4.15. The number of non-ortho nitro benzene ring substituents is 1. The second-order valence-corrected chi connectivity index (χ2v) is 4.15. The first kappa shape index (κ1) is 17.2. The van der Waals surface area contributed by atoms with E-state index in [9.17, 15) is 19.7 Å². The summed E-state index contributed by atoms with van der Waals surface area (Å²) in [5, 5.41) is 16.6. The SMILES string of the molecule is COCCCNC(=O)C(=O)N/N=C\c1cccc([N+](=O)[O-])c1. The highest BCUT2D eigenvalue weighted by Crippen LogP contribution is 2.11. The highest BCUT2D eigenvalue weighted by atomic mass is 16.6. The summed E-state index contributed by atoms with van der Waals surface area (Å²) < 4.78 is 4.80. The van der Waals surface area contributed by atoms with Crippen LogP contribution in [0.2, 0.25) is 0 Å². The van der Waals surface area contributed by atoms with Crippen LogP contribution in [0.3, 0.4) is 0 Å². The zero-order valence-electron chi connectivity index (χ0n) is 11.9. The molecule has 0 saturated carbocycles. The molecule has 0 spiro atoms. The summed E-state index contributed by atoms with van der Waals surface area (Å²) in [6, 6.07) is 5.70. The summed E-state index contributed by atoms with van der Waals surface area (Å²) in [7, 11) is 1.54. The van der Waals surface area contributed by atoms with Crippen molar-refractivity contribution in [3.63, 3.8) is 0 Å². The van der Waals surface area contributed by atoms with Crippen molar-refractivity contribution in [1.82, 2.24) is 10.7 Å². The average molecular weight is 308 g/mol. The Labute approximate surface area is 126 Å². The predicted molar refractivity (Wildman–Crippen MR) is 78.3 cm³/mol. The van der Waals surface area contributed by atoms with Crippen LogP contribution in [-0.4, -0.2) is 43.2 Å². The number of hydrogen-bond acceptors (Lipinski definition) is 6. The Balaban J connectivity index is 2.44. The summed E-state index contributed by atoms with van der Waals surface area (Å²) in [5.74, 6) is -1.73. The molecule has 0 aromatic heterocycles. The quantitative estimate of drug-likeness (QED) is 0.245. The van der Waals surface area contributed by atoms with Gasteiger partial charge in [0.25, 0.3) is 5.69 Å². The molecule has 2 amide bonds. The van der Waals surface area contributed by atoms with Gasteiger partial charge in [-0.15, -0.1) is 0 Å². The van der Waals surface area contributed by atoms with Crippen molar-refractivity contribution in [1.29, 1.82) is 0 Å². The van der Waals surface area contributed by atoms with Gasteiger partial charge in [0, 0.05) is 38.0 Å². The van der Waals surface area contributed by atoms with Crippen molar-refractivity contribution in [2.24, 2.45) is 5.10 Å². The molecular formula is C13H16N4O5. The Morgan fingerprint density at radius 2 is 2.18 bits per heavy atom. The van der Waals surface area contributed by atoms with Gasteiger partial charge in [-0.1, -0.05) is 12.1 Å². The third kappa shape index (κ3) is 6.09.